The van der Waals surface area contributed by atoms with E-state index < -0.39 is 0 Å². The van der Waals surface area contributed by atoms with E-state index in [-0.39, 0.29) is 11.9 Å². The zero-order chi connectivity index (χ0) is 20.4. The molecule has 2 aromatic rings. The van der Waals surface area contributed by atoms with Gasteiger partial charge in [0.05, 0.1) is 13.2 Å². The number of ether oxygens (including phenoxy) is 1. The fourth-order valence-electron chi connectivity index (χ4n) is 4.63. The number of para-hydroxylation sites is 1. The number of benzene rings is 1. The number of carbonyl (C=O) groups excluding carboxylic acids is 1. The third-order valence-corrected chi connectivity index (χ3v) is 6.13. The quantitative estimate of drug-likeness (QED) is 0.795. The van der Waals surface area contributed by atoms with Crippen molar-refractivity contribution in [2.75, 3.05) is 20.2 Å². The Bertz CT molecular complexity index is 898. The van der Waals surface area contributed by atoms with Crippen LogP contribution in [0, 0.1) is 6.92 Å². The highest BCUT2D eigenvalue weighted by Crippen LogP contribution is 2.31. The second-order valence-electron chi connectivity index (χ2n) is 8.15. The van der Waals surface area contributed by atoms with Crippen LogP contribution >= 0.6 is 0 Å². The number of piperidine rings is 1. The first-order valence-corrected chi connectivity index (χ1v) is 10.5. The summed E-state index contributed by atoms with van der Waals surface area (Å²) in [6.07, 6.45) is 6.03. The van der Waals surface area contributed by atoms with Gasteiger partial charge in [0.1, 0.15) is 5.75 Å². The van der Waals surface area contributed by atoms with Crippen molar-refractivity contribution in [2.45, 2.75) is 58.7 Å². The van der Waals surface area contributed by atoms with Crippen molar-refractivity contribution in [1.29, 1.82) is 0 Å². The van der Waals surface area contributed by atoms with E-state index in [0.717, 1.165) is 74.7 Å². The van der Waals surface area contributed by atoms with Gasteiger partial charge in [-0.2, -0.15) is 0 Å². The van der Waals surface area contributed by atoms with Crippen molar-refractivity contribution in [2.24, 2.45) is 0 Å². The molecule has 0 bridgehead atoms. The molecule has 1 atom stereocenters. The fourth-order valence-corrected chi connectivity index (χ4v) is 4.63. The van der Waals surface area contributed by atoms with E-state index in [4.69, 9.17) is 9.72 Å². The van der Waals surface area contributed by atoms with Crippen molar-refractivity contribution in [3.05, 3.63) is 52.6 Å². The average molecular weight is 395 g/mol. The lowest BCUT2D eigenvalue weighted by Gasteiger charge is -2.35. The Labute approximate surface area is 172 Å². The Hall–Kier alpha value is -2.47. The molecule has 1 fully saturated rings. The molecule has 0 unspecified atom stereocenters. The maximum absolute atomic E-state index is 12.0. The number of methoxy groups -OCH3 is 1. The first-order chi connectivity index (χ1) is 14.1. The van der Waals surface area contributed by atoms with Crippen LogP contribution in [0.5, 0.6) is 5.75 Å². The van der Waals surface area contributed by atoms with Crippen molar-refractivity contribution in [1.82, 2.24) is 19.8 Å². The fraction of sp³-hybridized carbons (Fsp3) is 0.522. The summed E-state index contributed by atoms with van der Waals surface area (Å²) in [5.41, 5.74) is 4.71. The maximum atomic E-state index is 12.0. The molecule has 1 saturated heterocycles. The number of amides is 1. The van der Waals surface area contributed by atoms with Gasteiger partial charge in [0, 0.05) is 62.5 Å². The van der Waals surface area contributed by atoms with Gasteiger partial charge in [0.25, 0.3) is 0 Å². The molecule has 154 valence electrons. The van der Waals surface area contributed by atoms with E-state index in [1.165, 1.54) is 11.1 Å². The Morgan fingerprint density at radius 1 is 1.28 bits per heavy atom. The molecular formula is C23H30N4O2. The summed E-state index contributed by atoms with van der Waals surface area (Å²) in [5, 5.41) is 0. The molecule has 0 spiro atoms. The number of hydrogen-bond acceptors (Lipinski definition) is 5. The van der Waals surface area contributed by atoms with Crippen molar-refractivity contribution in [3.63, 3.8) is 0 Å². The lowest BCUT2D eigenvalue weighted by molar-refractivity contribution is -0.132. The predicted octanol–water partition coefficient (Wildman–Crippen LogP) is 3.43. The molecule has 3 heterocycles. The summed E-state index contributed by atoms with van der Waals surface area (Å²) in [5.74, 6) is 1.91. The topological polar surface area (TPSA) is 58.6 Å². The van der Waals surface area contributed by atoms with Gasteiger partial charge in [-0.05, 0) is 31.7 Å². The van der Waals surface area contributed by atoms with E-state index in [1.807, 2.05) is 11.1 Å². The average Bonchev–Trinajstić information content (AvgIpc) is 2.73. The number of carbonyl (C=O) groups is 1. The highest BCUT2D eigenvalue weighted by atomic mass is 16.5. The largest absolute Gasteiger partial charge is 0.496 e. The van der Waals surface area contributed by atoms with E-state index in [9.17, 15) is 4.79 Å². The summed E-state index contributed by atoms with van der Waals surface area (Å²) >= 11 is 0. The second-order valence-corrected chi connectivity index (χ2v) is 8.15. The van der Waals surface area contributed by atoms with Crippen molar-refractivity contribution < 1.29 is 9.53 Å². The van der Waals surface area contributed by atoms with Crippen LogP contribution in [0.3, 0.4) is 0 Å². The van der Waals surface area contributed by atoms with E-state index in [0.29, 0.717) is 0 Å². The van der Waals surface area contributed by atoms with Gasteiger partial charge >= 0.3 is 0 Å². The minimum Gasteiger partial charge on any atom is -0.496 e. The van der Waals surface area contributed by atoms with Crippen molar-refractivity contribution >= 4 is 5.91 Å². The monoisotopic (exact) mass is 394 g/mol. The smallest absolute Gasteiger partial charge is 0.220 e. The highest BCUT2D eigenvalue weighted by Gasteiger charge is 2.29. The zero-order valence-electron chi connectivity index (χ0n) is 17.6. The predicted molar refractivity (Wildman–Crippen MR) is 112 cm³/mol. The van der Waals surface area contributed by atoms with Gasteiger partial charge in [-0.15, -0.1) is 0 Å². The number of aromatic nitrogens is 2. The minimum atomic E-state index is 0.0288. The maximum Gasteiger partial charge on any atom is 0.220 e. The van der Waals surface area contributed by atoms with Gasteiger partial charge in [0.2, 0.25) is 5.91 Å². The van der Waals surface area contributed by atoms with E-state index >= 15 is 0 Å². The molecule has 1 amide bonds. The van der Waals surface area contributed by atoms with Crippen LogP contribution in [0.4, 0.5) is 0 Å². The molecule has 0 N–H and O–H groups in total. The first-order valence-electron chi connectivity index (χ1n) is 10.5. The van der Waals surface area contributed by atoms with Gasteiger partial charge in [-0.25, -0.2) is 9.97 Å². The normalized spacial score (nSPS) is 19.7. The highest BCUT2D eigenvalue weighted by molar-refractivity contribution is 5.73. The Kier molecular flexibility index (Phi) is 5.81. The molecule has 1 aromatic heterocycles. The number of aryl methyl sites for hydroxylation is 1. The van der Waals surface area contributed by atoms with Crippen LogP contribution in [-0.4, -0.2) is 45.9 Å². The zero-order valence-corrected chi connectivity index (χ0v) is 17.6. The lowest BCUT2D eigenvalue weighted by atomic mass is 10.00. The Balaban J connectivity index is 1.50. The van der Waals surface area contributed by atoms with Crippen LogP contribution in [0.2, 0.25) is 0 Å². The molecule has 29 heavy (non-hydrogen) atoms. The summed E-state index contributed by atoms with van der Waals surface area (Å²) in [7, 11) is 1.74. The number of rotatable bonds is 4. The SMILES string of the molecule is COc1c(C)cccc1CN1CCc2nc([C@H]3CCCCN3C(C)=O)ncc2C1. The van der Waals surface area contributed by atoms with Gasteiger partial charge in [-0.3, -0.25) is 9.69 Å². The minimum absolute atomic E-state index is 0.0288. The molecule has 0 saturated carbocycles. The third kappa shape index (κ3) is 4.13. The molecule has 0 radical (unpaired) electrons. The summed E-state index contributed by atoms with van der Waals surface area (Å²) < 4.78 is 5.62. The van der Waals surface area contributed by atoms with Crippen LogP contribution < -0.4 is 4.74 Å². The molecular weight excluding hydrogens is 364 g/mol. The van der Waals surface area contributed by atoms with Crippen LogP contribution in [0.25, 0.3) is 0 Å². The number of fused-ring (bicyclic) bond motifs is 1. The third-order valence-electron chi connectivity index (χ3n) is 6.13. The molecule has 6 heteroatoms. The number of nitrogens with zero attached hydrogens (tertiary/aromatic N) is 4. The second kappa shape index (κ2) is 8.49. The van der Waals surface area contributed by atoms with Gasteiger partial charge < -0.3 is 9.64 Å². The van der Waals surface area contributed by atoms with Crippen molar-refractivity contribution in [3.8, 4) is 5.75 Å². The molecule has 2 aliphatic heterocycles. The van der Waals surface area contributed by atoms with E-state index in [1.54, 1.807) is 14.0 Å². The molecule has 4 rings (SSSR count). The van der Waals surface area contributed by atoms with Crippen LogP contribution in [0.15, 0.2) is 24.4 Å². The Morgan fingerprint density at radius 2 is 2.14 bits per heavy atom. The summed E-state index contributed by atoms with van der Waals surface area (Å²) in [4.78, 5) is 26.0. The molecule has 6 nitrogen and oxygen atoms in total. The molecule has 1 aromatic carbocycles. The molecule has 0 aliphatic carbocycles. The number of hydrogen-bond donors (Lipinski definition) is 0. The van der Waals surface area contributed by atoms with E-state index in [2.05, 4.69) is 35.0 Å². The lowest BCUT2D eigenvalue weighted by Crippen LogP contribution is -2.38. The summed E-state index contributed by atoms with van der Waals surface area (Å²) in [6.45, 7) is 7.20. The van der Waals surface area contributed by atoms with Crippen LogP contribution in [0.1, 0.15) is 60.4 Å². The molecule has 2 aliphatic rings. The summed E-state index contributed by atoms with van der Waals surface area (Å²) in [6, 6.07) is 6.34. The Morgan fingerprint density at radius 3 is 2.93 bits per heavy atom. The standard InChI is InChI=1S/C23H30N4O2/c1-16-7-6-8-18(22(16)29-3)14-26-12-10-20-19(15-26)13-24-23(25-20)21-9-4-5-11-27(21)17(2)28/h6-8,13,21H,4-5,9-12,14-15H2,1-3H3/t21-/m1/s1. The number of likely N-dealkylation sites (tertiary alicyclic amines) is 1. The first kappa shape index (κ1) is 19.8. The van der Waals surface area contributed by atoms with Crippen LogP contribution in [-0.2, 0) is 24.3 Å². The van der Waals surface area contributed by atoms with Gasteiger partial charge in [-0.1, -0.05) is 18.2 Å². The van der Waals surface area contributed by atoms with Gasteiger partial charge in [0.15, 0.2) is 5.82 Å².